The molecule has 1 aromatic carbocycles. The van der Waals surface area contributed by atoms with Gasteiger partial charge in [0, 0.05) is 5.56 Å². The van der Waals surface area contributed by atoms with Gasteiger partial charge in [-0.25, -0.2) is 0 Å². The number of carbonyl (C=O) groups excluding carboxylic acids is 1. The molecule has 0 aliphatic carbocycles. The third-order valence-electron chi connectivity index (χ3n) is 3.29. The molecule has 0 saturated heterocycles. The van der Waals surface area contributed by atoms with Crippen molar-refractivity contribution < 1.29 is 19.4 Å². The summed E-state index contributed by atoms with van der Waals surface area (Å²) < 4.78 is 5.81. The molecule has 1 amide bonds. The molecule has 0 spiro atoms. The second-order valence-corrected chi connectivity index (χ2v) is 5.30. The highest BCUT2D eigenvalue weighted by molar-refractivity contribution is 5.96. The number of amides is 1. The van der Waals surface area contributed by atoms with Crippen molar-refractivity contribution in [1.29, 1.82) is 0 Å². The summed E-state index contributed by atoms with van der Waals surface area (Å²) in [5.41, 5.74) is 2.42. The van der Waals surface area contributed by atoms with Gasteiger partial charge in [-0.3, -0.25) is 9.59 Å². The van der Waals surface area contributed by atoms with E-state index < -0.39 is 5.97 Å². The standard InChI is InChI=1S/C18H25NO4/c1-4-7-13-10-15(18(22)19-12-16(20)21)11-14(8-5-2)17(13)23-9-6-3/h6,10-11H,3-5,7-9,12H2,1-2H3,(H,19,22)(H,20,21). The molecule has 126 valence electrons. The fourth-order valence-electron chi connectivity index (χ4n) is 2.38. The van der Waals surface area contributed by atoms with E-state index in [2.05, 4.69) is 25.7 Å². The first kappa shape index (κ1) is 18.7. The molecule has 5 nitrogen and oxygen atoms in total. The lowest BCUT2D eigenvalue weighted by molar-refractivity contribution is -0.135. The lowest BCUT2D eigenvalue weighted by Gasteiger charge is -2.17. The van der Waals surface area contributed by atoms with Gasteiger partial charge in [0.1, 0.15) is 18.9 Å². The Hall–Kier alpha value is -2.30. The van der Waals surface area contributed by atoms with Crippen LogP contribution in [0.5, 0.6) is 5.75 Å². The Morgan fingerprint density at radius 2 is 1.78 bits per heavy atom. The predicted octanol–water partition coefficient (Wildman–Crippen LogP) is 2.97. The van der Waals surface area contributed by atoms with Crippen LogP contribution in [-0.4, -0.2) is 30.1 Å². The van der Waals surface area contributed by atoms with Crippen LogP contribution in [0, 0.1) is 0 Å². The zero-order chi connectivity index (χ0) is 17.2. The van der Waals surface area contributed by atoms with E-state index in [0.717, 1.165) is 42.6 Å². The van der Waals surface area contributed by atoms with Crippen LogP contribution in [0.25, 0.3) is 0 Å². The fourth-order valence-corrected chi connectivity index (χ4v) is 2.38. The van der Waals surface area contributed by atoms with Crippen LogP contribution in [0.4, 0.5) is 0 Å². The lowest BCUT2D eigenvalue weighted by Crippen LogP contribution is -2.29. The van der Waals surface area contributed by atoms with Gasteiger partial charge in [-0.1, -0.05) is 39.3 Å². The van der Waals surface area contributed by atoms with Crippen LogP contribution in [0.1, 0.15) is 48.2 Å². The van der Waals surface area contributed by atoms with E-state index in [-0.39, 0.29) is 12.5 Å². The number of aryl methyl sites for hydroxylation is 2. The topological polar surface area (TPSA) is 75.6 Å². The first-order valence-electron chi connectivity index (χ1n) is 7.92. The molecule has 1 aromatic rings. The number of hydrogen-bond donors (Lipinski definition) is 2. The number of carbonyl (C=O) groups is 2. The number of carboxylic acids is 1. The first-order valence-corrected chi connectivity index (χ1v) is 7.92. The Morgan fingerprint density at radius 1 is 1.22 bits per heavy atom. The largest absolute Gasteiger partial charge is 0.489 e. The maximum Gasteiger partial charge on any atom is 0.322 e. The SMILES string of the molecule is C=CCOc1c(CCC)cc(C(=O)NCC(=O)O)cc1CCC. The molecule has 0 unspecified atom stereocenters. The molecular formula is C18H25NO4. The Labute approximate surface area is 137 Å². The molecule has 0 bridgehead atoms. The molecule has 0 fully saturated rings. The van der Waals surface area contributed by atoms with E-state index in [0.29, 0.717) is 12.2 Å². The van der Waals surface area contributed by atoms with Crippen molar-refractivity contribution >= 4 is 11.9 Å². The van der Waals surface area contributed by atoms with E-state index in [4.69, 9.17) is 9.84 Å². The molecule has 0 heterocycles. The molecule has 0 aliphatic heterocycles. The highest BCUT2D eigenvalue weighted by atomic mass is 16.5. The minimum atomic E-state index is -1.06. The summed E-state index contributed by atoms with van der Waals surface area (Å²) in [7, 11) is 0. The smallest absolute Gasteiger partial charge is 0.322 e. The van der Waals surface area contributed by atoms with Crippen molar-refractivity contribution in [3.63, 3.8) is 0 Å². The minimum absolute atomic E-state index is 0.377. The van der Waals surface area contributed by atoms with Crippen LogP contribution < -0.4 is 10.1 Å². The third kappa shape index (κ3) is 5.77. The summed E-state index contributed by atoms with van der Waals surface area (Å²) in [6.45, 7) is 7.82. The third-order valence-corrected chi connectivity index (χ3v) is 3.29. The lowest BCUT2D eigenvalue weighted by atomic mass is 9.97. The molecule has 0 radical (unpaired) electrons. The van der Waals surface area contributed by atoms with E-state index >= 15 is 0 Å². The summed E-state index contributed by atoms with van der Waals surface area (Å²) in [6.07, 6.45) is 5.14. The number of aliphatic carboxylic acids is 1. The Bertz CT molecular complexity index is 539. The summed E-state index contributed by atoms with van der Waals surface area (Å²) >= 11 is 0. The maximum absolute atomic E-state index is 12.2. The second-order valence-electron chi connectivity index (χ2n) is 5.30. The van der Waals surface area contributed by atoms with Gasteiger partial charge in [0.25, 0.3) is 5.91 Å². The van der Waals surface area contributed by atoms with Gasteiger partial charge < -0.3 is 15.2 Å². The van der Waals surface area contributed by atoms with Gasteiger partial charge in [-0.15, -0.1) is 0 Å². The molecule has 0 saturated carbocycles. The van der Waals surface area contributed by atoms with Crippen molar-refractivity contribution in [1.82, 2.24) is 5.32 Å². The summed E-state index contributed by atoms with van der Waals surface area (Å²) in [5.74, 6) is -0.618. The molecule has 23 heavy (non-hydrogen) atoms. The van der Waals surface area contributed by atoms with Crippen LogP contribution >= 0.6 is 0 Å². The Kier molecular flexibility index (Phi) is 7.88. The number of carboxylic acid groups (broad SMARTS) is 1. The molecular weight excluding hydrogens is 294 g/mol. The van der Waals surface area contributed by atoms with Crippen LogP contribution in [0.3, 0.4) is 0 Å². The van der Waals surface area contributed by atoms with E-state index in [1.54, 1.807) is 18.2 Å². The average Bonchev–Trinajstić information content (AvgIpc) is 2.52. The van der Waals surface area contributed by atoms with Gasteiger partial charge in [0.15, 0.2) is 0 Å². The van der Waals surface area contributed by atoms with Gasteiger partial charge in [-0.05, 0) is 36.1 Å². The molecule has 2 N–H and O–H groups in total. The number of hydrogen-bond acceptors (Lipinski definition) is 3. The second kappa shape index (κ2) is 9.66. The number of rotatable bonds is 10. The molecule has 0 aliphatic rings. The number of nitrogens with one attached hydrogen (secondary N) is 1. The van der Waals surface area contributed by atoms with E-state index in [1.807, 2.05) is 0 Å². The van der Waals surface area contributed by atoms with Gasteiger partial charge in [-0.2, -0.15) is 0 Å². The van der Waals surface area contributed by atoms with Crippen LogP contribution in [0.15, 0.2) is 24.8 Å². The van der Waals surface area contributed by atoms with Gasteiger partial charge >= 0.3 is 5.97 Å². The molecule has 0 atom stereocenters. The molecule has 5 heteroatoms. The van der Waals surface area contributed by atoms with Crippen molar-refractivity contribution in [3.05, 3.63) is 41.5 Å². The fraction of sp³-hybridized carbons (Fsp3) is 0.444. The number of benzene rings is 1. The van der Waals surface area contributed by atoms with E-state index in [1.165, 1.54) is 0 Å². The van der Waals surface area contributed by atoms with Crippen molar-refractivity contribution in [2.75, 3.05) is 13.2 Å². The Morgan fingerprint density at radius 3 is 2.22 bits per heavy atom. The monoisotopic (exact) mass is 319 g/mol. The Balaban J connectivity index is 3.19. The predicted molar refractivity (Wildman–Crippen MR) is 90.1 cm³/mol. The molecule has 0 aromatic heterocycles. The minimum Gasteiger partial charge on any atom is -0.489 e. The summed E-state index contributed by atoms with van der Waals surface area (Å²) in [4.78, 5) is 22.8. The van der Waals surface area contributed by atoms with Crippen LogP contribution in [0.2, 0.25) is 0 Å². The van der Waals surface area contributed by atoms with Crippen molar-refractivity contribution in [2.24, 2.45) is 0 Å². The van der Waals surface area contributed by atoms with Crippen molar-refractivity contribution in [2.45, 2.75) is 39.5 Å². The first-order chi connectivity index (χ1) is 11.0. The summed E-state index contributed by atoms with van der Waals surface area (Å²) in [5, 5.41) is 11.1. The zero-order valence-electron chi connectivity index (χ0n) is 13.9. The zero-order valence-corrected chi connectivity index (χ0v) is 13.9. The highest BCUT2D eigenvalue weighted by Gasteiger charge is 2.16. The van der Waals surface area contributed by atoms with E-state index in [9.17, 15) is 9.59 Å². The van der Waals surface area contributed by atoms with Crippen LogP contribution in [-0.2, 0) is 17.6 Å². The highest BCUT2D eigenvalue weighted by Crippen LogP contribution is 2.29. The number of ether oxygens (including phenoxy) is 1. The van der Waals surface area contributed by atoms with Gasteiger partial charge in [0.05, 0.1) is 0 Å². The van der Waals surface area contributed by atoms with Crippen molar-refractivity contribution in [3.8, 4) is 5.75 Å². The molecule has 1 rings (SSSR count). The average molecular weight is 319 g/mol. The van der Waals surface area contributed by atoms with Gasteiger partial charge in [0.2, 0.25) is 0 Å². The quantitative estimate of drug-likeness (QED) is 0.650. The maximum atomic E-state index is 12.2. The summed E-state index contributed by atoms with van der Waals surface area (Å²) in [6, 6.07) is 3.58. The normalized spacial score (nSPS) is 10.2.